The molecule has 0 amide bonds. The van der Waals surface area contributed by atoms with Crippen LogP contribution in [0.4, 0.5) is 5.69 Å². The van der Waals surface area contributed by atoms with E-state index >= 15 is 0 Å². The van der Waals surface area contributed by atoms with Gasteiger partial charge in [0, 0.05) is 5.69 Å². The summed E-state index contributed by atoms with van der Waals surface area (Å²) in [7, 11) is 0. The Morgan fingerprint density at radius 3 is 2.19 bits per heavy atom. The highest BCUT2D eigenvalue weighted by Gasteiger charge is 2.16. The molecule has 0 atom stereocenters. The Bertz CT molecular complexity index is 781. The monoisotopic (exact) mass is 355 g/mol. The molecular weight excluding hydrogens is 330 g/mol. The average molecular weight is 355 g/mol. The van der Waals surface area contributed by atoms with Crippen molar-refractivity contribution in [3.63, 3.8) is 0 Å². The molecule has 138 valence electrons. The SMILES string of the molecule is CCCCCCc1ccc(C(=O)O)c(N)c1Cc1ccc(C(=O)O)cc1. The molecular formula is C21H25NO4. The predicted octanol–water partition coefficient (Wildman–Crippen LogP) is 4.38. The number of anilines is 1. The lowest BCUT2D eigenvalue weighted by atomic mass is 9.92. The molecule has 26 heavy (non-hydrogen) atoms. The first-order chi connectivity index (χ1) is 12.4. The summed E-state index contributed by atoms with van der Waals surface area (Å²) in [4.78, 5) is 22.4. The number of unbranched alkanes of at least 4 members (excludes halogenated alkanes) is 3. The van der Waals surface area contributed by atoms with Crippen molar-refractivity contribution < 1.29 is 19.8 Å². The normalized spacial score (nSPS) is 10.7. The maximum absolute atomic E-state index is 11.4. The number of aryl methyl sites for hydroxylation is 1. The first-order valence-corrected chi connectivity index (χ1v) is 8.89. The van der Waals surface area contributed by atoms with Crippen molar-refractivity contribution in [1.82, 2.24) is 0 Å². The van der Waals surface area contributed by atoms with E-state index in [-0.39, 0.29) is 11.1 Å². The van der Waals surface area contributed by atoms with Gasteiger partial charge in [-0.25, -0.2) is 9.59 Å². The van der Waals surface area contributed by atoms with Crippen LogP contribution >= 0.6 is 0 Å². The van der Waals surface area contributed by atoms with Gasteiger partial charge in [-0.1, -0.05) is 44.4 Å². The lowest BCUT2D eigenvalue weighted by Crippen LogP contribution is -2.09. The molecule has 0 aliphatic carbocycles. The predicted molar refractivity (Wildman–Crippen MR) is 102 cm³/mol. The number of carboxylic acid groups (broad SMARTS) is 2. The Hall–Kier alpha value is -2.82. The van der Waals surface area contributed by atoms with E-state index in [9.17, 15) is 14.7 Å². The minimum absolute atomic E-state index is 0.111. The first-order valence-electron chi connectivity index (χ1n) is 8.89. The van der Waals surface area contributed by atoms with E-state index in [2.05, 4.69) is 6.92 Å². The molecule has 0 fully saturated rings. The summed E-state index contributed by atoms with van der Waals surface area (Å²) in [5.74, 6) is -2.01. The standard InChI is InChI=1S/C21H25NO4/c1-2-3-4-5-6-15-11-12-17(21(25)26)19(22)18(15)13-14-7-9-16(10-8-14)20(23)24/h7-12H,2-6,13,22H2,1H3,(H,23,24)(H,25,26). The molecule has 0 spiro atoms. The number of carbonyl (C=O) groups is 2. The van der Waals surface area contributed by atoms with E-state index < -0.39 is 11.9 Å². The summed E-state index contributed by atoms with van der Waals surface area (Å²) < 4.78 is 0. The van der Waals surface area contributed by atoms with E-state index in [1.165, 1.54) is 6.42 Å². The van der Waals surface area contributed by atoms with Crippen LogP contribution in [0.15, 0.2) is 36.4 Å². The van der Waals surface area contributed by atoms with Crippen LogP contribution in [0.2, 0.25) is 0 Å². The van der Waals surface area contributed by atoms with Crippen LogP contribution in [0, 0.1) is 0 Å². The third kappa shape index (κ3) is 4.85. The molecule has 0 radical (unpaired) electrons. The Morgan fingerprint density at radius 2 is 1.62 bits per heavy atom. The Labute approximate surface area is 153 Å². The number of nitrogens with two attached hydrogens (primary N) is 1. The summed E-state index contributed by atoms with van der Waals surface area (Å²) in [6.07, 6.45) is 5.83. The van der Waals surface area contributed by atoms with Crippen molar-refractivity contribution in [2.75, 3.05) is 5.73 Å². The summed E-state index contributed by atoms with van der Waals surface area (Å²) in [6, 6.07) is 10.0. The van der Waals surface area contributed by atoms with Gasteiger partial charge < -0.3 is 15.9 Å². The lowest BCUT2D eigenvalue weighted by Gasteiger charge is -2.15. The lowest BCUT2D eigenvalue weighted by molar-refractivity contribution is 0.0686. The van der Waals surface area contributed by atoms with Gasteiger partial charge in [-0.05, 0) is 54.2 Å². The molecule has 2 aromatic carbocycles. The molecule has 0 saturated carbocycles. The molecule has 5 nitrogen and oxygen atoms in total. The Kier molecular flexibility index (Phi) is 6.78. The molecule has 0 aromatic heterocycles. The summed E-state index contributed by atoms with van der Waals surface area (Å²) >= 11 is 0. The van der Waals surface area contributed by atoms with E-state index in [1.54, 1.807) is 30.3 Å². The number of carboxylic acids is 2. The molecule has 0 aliphatic rings. The molecule has 2 aromatic rings. The second-order valence-electron chi connectivity index (χ2n) is 6.46. The number of rotatable bonds is 9. The number of benzene rings is 2. The average Bonchev–Trinajstić information content (AvgIpc) is 2.61. The zero-order valence-electron chi connectivity index (χ0n) is 15.0. The van der Waals surface area contributed by atoms with Gasteiger partial charge in [-0.3, -0.25) is 0 Å². The smallest absolute Gasteiger partial charge is 0.337 e. The first kappa shape index (κ1) is 19.5. The van der Waals surface area contributed by atoms with E-state index in [0.717, 1.165) is 42.4 Å². The molecule has 4 N–H and O–H groups in total. The maximum atomic E-state index is 11.4. The topological polar surface area (TPSA) is 101 Å². The highest BCUT2D eigenvalue weighted by molar-refractivity contribution is 5.94. The minimum atomic E-state index is -1.04. The van der Waals surface area contributed by atoms with Crippen molar-refractivity contribution in [2.45, 2.75) is 45.4 Å². The van der Waals surface area contributed by atoms with Crippen LogP contribution < -0.4 is 5.73 Å². The van der Waals surface area contributed by atoms with Gasteiger partial charge >= 0.3 is 11.9 Å². The van der Waals surface area contributed by atoms with Crippen LogP contribution in [0.3, 0.4) is 0 Å². The van der Waals surface area contributed by atoms with Crippen molar-refractivity contribution in [3.05, 3.63) is 64.2 Å². The van der Waals surface area contributed by atoms with Gasteiger partial charge in [-0.2, -0.15) is 0 Å². The van der Waals surface area contributed by atoms with Gasteiger partial charge in [0.2, 0.25) is 0 Å². The van der Waals surface area contributed by atoms with Crippen LogP contribution in [0.1, 0.15) is 70.0 Å². The fourth-order valence-corrected chi connectivity index (χ4v) is 3.05. The number of hydrogen-bond donors (Lipinski definition) is 3. The fraction of sp³-hybridized carbons (Fsp3) is 0.333. The summed E-state index contributed by atoms with van der Waals surface area (Å²) in [5, 5.41) is 18.4. The van der Waals surface area contributed by atoms with Gasteiger partial charge in [-0.15, -0.1) is 0 Å². The highest BCUT2D eigenvalue weighted by atomic mass is 16.4. The van der Waals surface area contributed by atoms with Crippen molar-refractivity contribution in [3.8, 4) is 0 Å². The number of aromatic carboxylic acids is 2. The molecule has 0 unspecified atom stereocenters. The molecule has 2 rings (SSSR count). The van der Waals surface area contributed by atoms with Gasteiger partial charge in [0.25, 0.3) is 0 Å². The minimum Gasteiger partial charge on any atom is -0.478 e. The van der Waals surface area contributed by atoms with Crippen LogP contribution in [0.25, 0.3) is 0 Å². The van der Waals surface area contributed by atoms with E-state index in [4.69, 9.17) is 10.8 Å². The zero-order chi connectivity index (χ0) is 19.1. The second-order valence-corrected chi connectivity index (χ2v) is 6.46. The zero-order valence-corrected chi connectivity index (χ0v) is 15.0. The largest absolute Gasteiger partial charge is 0.478 e. The summed E-state index contributed by atoms with van der Waals surface area (Å²) in [5.41, 5.74) is 9.59. The van der Waals surface area contributed by atoms with Gasteiger partial charge in [0.15, 0.2) is 0 Å². The molecule has 0 aliphatic heterocycles. The fourth-order valence-electron chi connectivity index (χ4n) is 3.05. The molecule has 0 saturated heterocycles. The molecule has 5 heteroatoms. The van der Waals surface area contributed by atoms with Crippen LogP contribution in [-0.4, -0.2) is 22.2 Å². The van der Waals surface area contributed by atoms with Crippen molar-refractivity contribution >= 4 is 17.6 Å². The van der Waals surface area contributed by atoms with E-state index in [0.29, 0.717) is 12.1 Å². The third-order valence-electron chi connectivity index (χ3n) is 4.57. The number of hydrogen-bond acceptors (Lipinski definition) is 3. The van der Waals surface area contributed by atoms with Crippen molar-refractivity contribution in [1.29, 1.82) is 0 Å². The van der Waals surface area contributed by atoms with Gasteiger partial charge in [0.1, 0.15) is 0 Å². The van der Waals surface area contributed by atoms with Gasteiger partial charge in [0.05, 0.1) is 11.1 Å². The Balaban J connectivity index is 2.31. The molecule has 0 heterocycles. The van der Waals surface area contributed by atoms with Crippen LogP contribution in [-0.2, 0) is 12.8 Å². The second kappa shape index (κ2) is 9.04. The van der Waals surface area contributed by atoms with Crippen molar-refractivity contribution in [2.24, 2.45) is 0 Å². The summed E-state index contributed by atoms with van der Waals surface area (Å²) in [6.45, 7) is 2.16. The van der Waals surface area contributed by atoms with E-state index in [1.807, 2.05) is 6.07 Å². The maximum Gasteiger partial charge on any atom is 0.337 e. The number of nitrogen functional groups attached to an aromatic ring is 1. The molecule has 0 bridgehead atoms. The third-order valence-corrected chi connectivity index (χ3v) is 4.57. The van der Waals surface area contributed by atoms with Crippen LogP contribution in [0.5, 0.6) is 0 Å². The highest BCUT2D eigenvalue weighted by Crippen LogP contribution is 2.27. The quantitative estimate of drug-likeness (QED) is 0.458. The Morgan fingerprint density at radius 1 is 0.923 bits per heavy atom.